The highest BCUT2D eigenvalue weighted by Gasteiger charge is 2.18. The number of ether oxygens (including phenoxy) is 1. The van der Waals surface area contributed by atoms with Crippen LogP contribution >= 0.6 is 11.8 Å². The van der Waals surface area contributed by atoms with Crippen molar-refractivity contribution in [1.29, 1.82) is 0 Å². The number of thioether (sulfide) groups is 1. The number of rotatable bonds is 6. The van der Waals surface area contributed by atoms with Crippen LogP contribution in [0.25, 0.3) is 16.6 Å². The molecule has 1 heterocycles. The van der Waals surface area contributed by atoms with E-state index in [1.165, 1.54) is 4.57 Å². The zero-order chi connectivity index (χ0) is 18.7. The van der Waals surface area contributed by atoms with Gasteiger partial charge in [0, 0.05) is 0 Å². The quantitative estimate of drug-likeness (QED) is 0.533. The largest absolute Gasteiger partial charge is 0.494 e. The van der Waals surface area contributed by atoms with Gasteiger partial charge in [-0.3, -0.25) is 14.2 Å². The molecule has 0 saturated carbocycles. The van der Waals surface area contributed by atoms with Gasteiger partial charge in [-0.1, -0.05) is 23.9 Å². The van der Waals surface area contributed by atoms with E-state index >= 15 is 0 Å². The molecule has 1 aromatic heterocycles. The summed E-state index contributed by atoms with van der Waals surface area (Å²) in [5.74, 6) is 0.258. The first kappa shape index (κ1) is 18.0. The summed E-state index contributed by atoms with van der Waals surface area (Å²) in [5, 5.41) is 0.415. The summed E-state index contributed by atoms with van der Waals surface area (Å²) >= 11 is 1.16. The lowest BCUT2D eigenvalue weighted by Gasteiger charge is -2.15. The number of carbonyl (C=O) groups is 1. The molecule has 2 N–H and O–H groups in total. The lowest BCUT2D eigenvalue weighted by atomic mass is 10.2. The highest BCUT2D eigenvalue weighted by atomic mass is 32.2. The lowest BCUT2D eigenvalue weighted by Crippen LogP contribution is -2.26. The minimum absolute atomic E-state index is 0.195. The maximum atomic E-state index is 13.1. The van der Waals surface area contributed by atoms with Crippen molar-refractivity contribution < 1.29 is 9.53 Å². The van der Waals surface area contributed by atoms with Gasteiger partial charge in [0.2, 0.25) is 5.91 Å². The Labute approximate surface area is 155 Å². The van der Waals surface area contributed by atoms with E-state index < -0.39 is 11.2 Å². The molecular weight excluding hydrogens is 350 g/mol. The van der Waals surface area contributed by atoms with E-state index in [2.05, 4.69) is 4.98 Å². The smallest absolute Gasteiger partial charge is 0.266 e. The fourth-order valence-electron chi connectivity index (χ4n) is 2.49. The van der Waals surface area contributed by atoms with Gasteiger partial charge in [0.15, 0.2) is 5.16 Å². The number of hydrogen-bond acceptors (Lipinski definition) is 5. The second-order valence-electron chi connectivity index (χ2n) is 5.64. The standard InChI is InChI=1S/C19H19N3O3S/c1-3-25-14-10-8-13(9-11-14)22-18(24)15-6-4-5-7-16(15)21-19(22)26-12(2)17(20)23/h4-12H,3H2,1-2H3,(H2,20,23)/t12-/m0/s1. The molecule has 0 aliphatic carbocycles. The Morgan fingerprint density at radius 2 is 1.92 bits per heavy atom. The van der Waals surface area contributed by atoms with Crippen molar-refractivity contribution in [1.82, 2.24) is 9.55 Å². The molecule has 6 nitrogen and oxygen atoms in total. The van der Waals surface area contributed by atoms with Crippen molar-refractivity contribution in [3.05, 3.63) is 58.9 Å². The molecule has 3 rings (SSSR count). The monoisotopic (exact) mass is 369 g/mol. The van der Waals surface area contributed by atoms with Crippen molar-refractivity contribution in [2.24, 2.45) is 5.73 Å². The molecule has 0 aliphatic rings. The molecule has 1 amide bonds. The van der Waals surface area contributed by atoms with Gasteiger partial charge in [0.05, 0.1) is 28.4 Å². The predicted molar refractivity (Wildman–Crippen MR) is 103 cm³/mol. The van der Waals surface area contributed by atoms with Gasteiger partial charge in [0.1, 0.15) is 5.75 Å². The van der Waals surface area contributed by atoms with Gasteiger partial charge >= 0.3 is 0 Å². The van der Waals surface area contributed by atoms with Crippen molar-refractivity contribution in [3.8, 4) is 11.4 Å². The Bertz CT molecular complexity index is 999. The van der Waals surface area contributed by atoms with E-state index in [4.69, 9.17) is 10.5 Å². The highest BCUT2D eigenvalue weighted by molar-refractivity contribution is 8.00. The van der Waals surface area contributed by atoms with E-state index in [1.54, 1.807) is 49.4 Å². The number of para-hydroxylation sites is 1. The Morgan fingerprint density at radius 3 is 2.58 bits per heavy atom. The van der Waals surface area contributed by atoms with Crippen LogP contribution in [0, 0.1) is 0 Å². The van der Waals surface area contributed by atoms with Gasteiger partial charge in [0.25, 0.3) is 5.56 Å². The average Bonchev–Trinajstić information content (AvgIpc) is 2.63. The molecule has 134 valence electrons. The molecule has 7 heteroatoms. The third kappa shape index (κ3) is 3.57. The maximum Gasteiger partial charge on any atom is 0.266 e. The number of amides is 1. The summed E-state index contributed by atoms with van der Waals surface area (Å²) in [4.78, 5) is 29.1. The topological polar surface area (TPSA) is 87.2 Å². The van der Waals surface area contributed by atoms with Crippen LogP contribution in [0.3, 0.4) is 0 Å². The van der Waals surface area contributed by atoms with E-state index in [-0.39, 0.29) is 5.56 Å². The highest BCUT2D eigenvalue weighted by Crippen LogP contribution is 2.25. The minimum Gasteiger partial charge on any atom is -0.494 e. The molecule has 0 fully saturated rings. The normalized spacial score (nSPS) is 12.1. The molecule has 0 unspecified atom stereocenters. The molecule has 3 aromatic rings. The van der Waals surface area contributed by atoms with Crippen molar-refractivity contribution in [2.45, 2.75) is 24.3 Å². The van der Waals surface area contributed by atoms with Crippen LogP contribution in [-0.2, 0) is 4.79 Å². The minimum atomic E-state index is -0.517. The number of nitrogens with two attached hydrogens (primary N) is 1. The summed E-state index contributed by atoms with van der Waals surface area (Å²) in [6, 6.07) is 14.3. The third-order valence-corrected chi connectivity index (χ3v) is 4.90. The summed E-state index contributed by atoms with van der Waals surface area (Å²) in [6.07, 6.45) is 0. The molecule has 1 atom stereocenters. The molecule has 0 saturated heterocycles. The summed E-state index contributed by atoms with van der Waals surface area (Å²) in [5.41, 5.74) is 6.42. The van der Waals surface area contributed by atoms with E-state index in [0.29, 0.717) is 28.4 Å². The first-order valence-corrected chi connectivity index (χ1v) is 9.10. The molecule has 0 spiro atoms. The SMILES string of the molecule is CCOc1ccc(-n2c(S[C@@H](C)C(N)=O)nc3ccccc3c2=O)cc1. The maximum absolute atomic E-state index is 13.1. The second-order valence-corrected chi connectivity index (χ2v) is 6.95. The van der Waals surface area contributed by atoms with E-state index in [1.807, 2.05) is 13.0 Å². The number of benzene rings is 2. The van der Waals surface area contributed by atoms with Crippen LogP contribution in [-0.4, -0.2) is 27.3 Å². The molecule has 0 aliphatic heterocycles. The van der Waals surface area contributed by atoms with Crippen LogP contribution in [0.1, 0.15) is 13.8 Å². The zero-order valence-electron chi connectivity index (χ0n) is 14.5. The van der Waals surface area contributed by atoms with Crippen LogP contribution in [0.4, 0.5) is 0 Å². The van der Waals surface area contributed by atoms with Crippen molar-refractivity contribution in [3.63, 3.8) is 0 Å². The molecule has 26 heavy (non-hydrogen) atoms. The van der Waals surface area contributed by atoms with Crippen LogP contribution in [0.5, 0.6) is 5.75 Å². The average molecular weight is 369 g/mol. The zero-order valence-corrected chi connectivity index (χ0v) is 15.3. The van der Waals surface area contributed by atoms with Crippen LogP contribution in [0.2, 0.25) is 0 Å². The Hall–Kier alpha value is -2.80. The fourth-order valence-corrected chi connectivity index (χ4v) is 3.37. The first-order chi connectivity index (χ1) is 12.5. The first-order valence-electron chi connectivity index (χ1n) is 8.22. The number of hydrogen-bond donors (Lipinski definition) is 1. The number of nitrogens with zero attached hydrogens (tertiary/aromatic N) is 2. The molecule has 0 bridgehead atoms. The Kier molecular flexibility index (Phi) is 5.27. The van der Waals surface area contributed by atoms with Crippen molar-refractivity contribution >= 4 is 28.6 Å². The molecule has 0 radical (unpaired) electrons. The Morgan fingerprint density at radius 1 is 1.23 bits per heavy atom. The summed E-state index contributed by atoms with van der Waals surface area (Å²) < 4.78 is 6.96. The van der Waals surface area contributed by atoms with Crippen molar-refractivity contribution in [2.75, 3.05) is 6.61 Å². The predicted octanol–water partition coefficient (Wildman–Crippen LogP) is 2.75. The molecule has 2 aromatic carbocycles. The number of carbonyl (C=O) groups excluding carboxylic acids is 1. The fraction of sp³-hybridized carbons (Fsp3) is 0.211. The summed E-state index contributed by atoms with van der Waals surface area (Å²) in [7, 11) is 0. The van der Waals surface area contributed by atoms with Crippen LogP contribution in [0.15, 0.2) is 58.5 Å². The van der Waals surface area contributed by atoms with E-state index in [9.17, 15) is 9.59 Å². The summed E-state index contributed by atoms with van der Waals surface area (Å²) in [6.45, 7) is 4.16. The second kappa shape index (κ2) is 7.61. The number of fused-ring (bicyclic) bond motifs is 1. The number of aromatic nitrogens is 2. The molecular formula is C19H19N3O3S. The van der Waals surface area contributed by atoms with Crippen LogP contribution < -0.4 is 16.0 Å². The van der Waals surface area contributed by atoms with Gasteiger partial charge < -0.3 is 10.5 Å². The van der Waals surface area contributed by atoms with Gasteiger partial charge in [-0.25, -0.2) is 4.98 Å². The third-order valence-electron chi connectivity index (χ3n) is 3.83. The van der Waals surface area contributed by atoms with Gasteiger partial charge in [-0.15, -0.1) is 0 Å². The number of primary amides is 1. The van der Waals surface area contributed by atoms with Gasteiger partial charge in [-0.2, -0.15) is 0 Å². The van der Waals surface area contributed by atoms with E-state index in [0.717, 1.165) is 17.5 Å². The Balaban J connectivity index is 2.18. The lowest BCUT2D eigenvalue weighted by molar-refractivity contribution is -0.117. The van der Waals surface area contributed by atoms with Gasteiger partial charge in [-0.05, 0) is 50.2 Å².